The number of nitrogens with one attached hydrogen (secondary N) is 16. The largest absolute Gasteiger partial charge is 0.355 e. The van der Waals surface area contributed by atoms with Crippen LogP contribution in [-0.2, 0) is 96.0 Å². The number of nitrogens with two attached hydrogens (primary N) is 2. The van der Waals surface area contributed by atoms with Crippen LogP contribution in [0.4, 0.5) is 0 Å². The topological polar surface area (TPSA) is 518 Å². The quantitative estimate of drug-likeness (QED) is 0.0301. The van der Waals surface area contributed by atoms with E-state index in [1.807, 2.05) is 188 Å². The lowest BCUT2D eigenvalue weighted by atomic mass is 9.93. The number of benzene rings is 3. The van der Waals surface area contributed by atoms with Gasteiger partial charge in [-0.1, -0.05) is 229 Å². The Labute approximate surface area is 815 Å². The highest BCUT2D eigenvalue weighted by molar-refractivity contribution is 5.91. The average Bonchev–Trinajstić information content (AvgIpc) is 0.874. The van der Waals surface area contributed by atoms with Gasteiger partial charge in [-0.2, -0.15) is 0 Å². The molecule has 34 heteroatoms. The van der Waals surface area contributed by atoms with Gasteiger partial charge in [-0.05, 0) is 109 Å². The molecule has 3 rings (SSSR count). The van der Waals surface area contributed by atoms with Crippen molar-refractivity contribution in [3.8, 4) is 0 Å². The molecule has 0 aliphatic carbocycles. The van der Waals surface area contributed by atoms with Crippen molar-refractivity contribution in [2.75, 3.05) is 65.4 Å². The average molecular weight is 1920 g/mol. The van der Waals surface area contributed by atoms with E-state index in [0.717, 1.165) is 23.1 Å². The Balaban J connectivity index is 1.61. The van der Waals surface area contributed by atoms with Crippen LogP contribution in [0, 0.1) is 88.8 Å². The smallest absolute Gasteiger partial charge is 0.224 e. The van der Waals surface area contributed by atoms with Gasteiger partial charge >= 0.3 is 0 Å². The maximum Gasteiger partial charge on any atom is 0.224 e. The van der Waals surface area contributed by atoms with E-state index in [1.165, 1.54) is 0 Å². The standard InChI is InChI=1S/C103H170N18O16/c1-62(2)40-80(105)54-108-97(131)72(19)46-92(126)118-86(68(13)14)60-113-102(136)78(49-75-32-26-22-27-33-75)52-96(130)121-85(67(11)12)59-112-100(134)71(18)45-91(125)116-83(43-65(7)8)57-110-101(135)77(48-74-30-24-21-25-31-74)51-94(128)117-82(42-64(5)6)56-109-98(132)73(20)47-93(127)119-87(69(15)16)61-114-103(137)79(50-76-34-28-23-29-35-76)53-95(129)120-84(66(9)10)58-111-99(133)70(17)44-90(124)115-81(41-63(3)4)55-107-89(123)37-36-88(122)106-39-38-104/h21-35,62-73,77-87H,36-61,104-105H2,1-20H3,(H,106,122)(H,107,123)(H,108,131)(H,109,132)(H,110,135)(H,111,133)(H,112,134)(H,113,136)(H,114,137)(H,115,124)(H,116,125)(H,117,128)(H,118,126)(H,119,127)(H,120,129)(H,121,130)/t70-,71-,72-,73-,77-,78-,79-,80-,81-,82-,83-,84+,85+,86+,87+/m0/s1. The number of hydrogen-bond acceptors (Lipinski definition) is 18. The van der Waals surface area contributed by atoms with E-state index >= 15 is 0 Å². The lowest BCUT2D eigenvalue weighted by Gasteiger charge is -2.27. The fraction of sp³-hybridized carbons (Fsp3) is 0.670. The van der Waals surface area contributed by atoms with Gasteiger partial charge in [-0.25, -0.2) is 0 Å². The predicted octanol–water partition coefficient (Wildman–Crippen LogP) is 6.15. The van der Waals surface area contributed by atoms with E-state index in [-0.39, 0.29) is 206 Å². The lowest BCUT2D eigenvalue weighted by molar-refractivity contribution is -0.132. The fourth-order valence-electron chi connectivity index (χ4n) is 15.8. The van der Waals surface area contributed by atoms with Gasteiger partial charge in [0.25, 0.3) is 0 Å². The SMILES string of the molecule is CC(C)C[C@H](N)CNC(=O)[C@@H](C)CC(=O)N[C@H](CNC(=O)[C@H](CC(=O)N[C@H](CNC(=O)[C@@H](C)CC(=O)N[C@H](CNC(=O)[C@H](CC(=O)N[C@H](CNC(=O)[C@@H](C)CC(=O)N[C@H](CNC(=O)[C@H](CC(=O)N[C@H](CNC(=O)[C@@H](C)CC(=O)N[C@H](CNC(=O)CCC(=O)NCCN)CC(C)C)C(C)C)Cc1ccccc1)C(C)C)CC(C)C)Cc1ccccc1)CC(C)C)C(C)C)Cc1ccccc1)C(C)C. The van der Waals surface area contributed by atoms with E-state index < -0.39 is 149 Å². The normalized spacial score (nSPS) is 14.8. The monoisotopic (exact) mass is 1920 g/mol. The maximum atomic E-state index is 14.5. The van der Waals surface area contributed by atoms with Gasteiger partial charge < -0.3 is 96.5 Å². The first-order valence-electron chi connectivity index (χ1n) is 49.7. The van der Waals surface area contributed by atoms with Crippen molar-refractivity contribution in [2.24, 2.45) is 100 Å². The third-order valence-corrected chi connectivity index (χ3v) is 24.0. The molecule has 16 amide bonds. The number of rotatable bonds is 67. The van der Waals surface area contributed by atoms with Crippen LogP contribution in [-0.4, -0.2) is 208 Å². The third kappa shape index (κ3) is 52.5. The van der Waals surface area contributed by atoms with Crippen molar-refractivity contribution in [1.82, 2.24) is 85.1 Å². The van der Waals surface area contributed by atoms with Crippen molar-refractivity contribution in [1.29, 1.82) is 0 Å². The van der Waals surface area contributed by atoms with Gasteiger partial charge in [0.15, 0.2) is 0 Å². The summed E-state index contributed by atoms with van der Waals surface area (Å²) in [6, 6.07) is 23.8. The zero-order valence-electron chi connectivity index (χ0n) is 85.5. The molecule has 20 N–H and O–H groups in total. The van der Waals surface area contributed by atoms with Crippen LogP contribution in [0.5, 0.6) is 0 Å². The van der Waals surface area contributed by atoms with Crippen LogP contribution in [0.25, 0.3) is 0 Å². The Morgan fingerprint density at radius 1 is 0.248 bits per heavy atom. The molecule has 34 nitrogen and oxygen atoms in total. The molecule has 0 spiro atoms. The summed E-state index contributed by atoms with van der Waals surface area (Å²) in [7, 11) is 0. The molecule has 0 aromatic heterocycles. The zero-order valence-corrected chi connectivity index (χ0v) is 85.5. The Morgan fingerprint density at radius 3 is 0.745 bits per heavy atom. The van der Waals surface area contributed by atoms with Crippen LogP contribution in [0.15, 0.2) is 91.0 Å². The van der Waals surface area contributed by atoms with E-state index in [2.05, 4.69) is 98.9 Å². The van der Waals surface area contributed by atoms with E-state index in [0.29, 0.717) is 38.3 Å². The molecule has 0 heterocycles. The summed E-state index contributed by atoms with van der Waals surface area (Å²) in [5.74, 6) is -11.9. The van der Waals surface area contributed by atoms with Crippen LogP contribution < -0.4 is 96.5 Å². The minimum atomic E-state index is -0.869. The van der Waals surface area contributed by atoms with Crippen LogP contribution >= 0.6 is 0 Å². The summed E-state index contributed by atoms with van der Waals surface area (Å²) < 4.78 is 0. The highest BCUT2D eigenvalue weighted by atomic mass is 16.2. The molecule has 15 atom stereocenters. The van der Waals surface area contributed by atoms with Gasteiger partial charge in [-0.15, -0.1) is 0 Å². The summed E-state index contributed by atoms with van der Waals surface area (Å²) in [6.07, 6.45) is 1.54. The molecule has 0 aliphatic heterocycles. The number of hydrogen-bond donors (Lipinski definition) is 18. The molecule has 137 heavy (non-hydrogen) atoms. The molecule has 3 aromatic rings. The summed E-state index contributed by atoms with van der Waals surface area (Å²) in [4.78, 5) is 218. The molecule has 3 aromatic carbocycles. The van der Waals surface area contributed by atoms with Gasteiger partial charge in [-0.3, -0.25) is 76.7 Å². The van der Waals surface area contributed by atoms with Gasteiger partial charge in [0, 0.05) is 195 Å². The van der Waals surface area contributed by atoms with E-state index in [4.69, 9.17) is 11.5 Å². The minimum absolute atomic E-state index is 0.000728. The fourth-order valence-corrected chi connectivity index (χ4v) is 15.8. The molecule has 0 fully saturated rings. The first-order valence-corrected chi connectivity index (χ1v) is 49.7. The summed E-state index contributed by atoms with van der Waals surface area (Å²) in [5, 5.41) is 47.0. The Morgan fingerprint density at radius 2 is 0.474 bits per heavy atom. The van der Waals surface area contributed by atoms with Crippen LogP contribution in [0.2, 0.25) is 0 Å². The van der Waals surface area contributed by atoms with Crippen molar-refractivity contribution < 1.29 is 76.7 Å². The molecule has 0 radical (unpaired) electrons. The maximum absolute atomic E-state index is 14.5. The van der Waals surface area contributed by atoms with Gasteiger partial charge in [0.05, 0.1) is 17.8 Å². The predicted molar refractivity (Wildman–Crippen MR) is 534 cm³/mol. The number of carbonyl (C=O) groups is 16. The van der Waals surface area contributed by atoms with E-state index in [9.17, 15) is 76.7 Å². The lowest BCUT2D eigenvalue weighted by Crippen LogP contribution is -2.50. The second kappa shape index (κ2) is 65.0. The third-order valence-electron chi connectivity index (χ3n) is 24.0. The highest BCUT2D eigenvalue weighted by Crippen LogP contribution is 2.22. The first kappa shape index (κ1) is 120. The van der Waals surface area contributed by atoms with Crippen LogP contribution in [0.3, 0.4) is 0 Å². The first-order chi connectivity index (χ1) is 64.6. The molecule has 0 saturated heterocycles. The van der Waals surface area contributed by atoms with Crippen molar-refractivity contribution in [3.63, 3.8) is 0 Å². The Bertz CT molecular complexity index is 4200. The summed E-state index contributed by atoms with van der Waals surface area (Å²) in [5.41, 5.74) is 14.1. The summed E-state index contributed by atoms with van der Waals surface area (Å²) >= 11 is 0. The number of amides is 16. The second-order valence-electron chi connectivity index (χ2n) is 40.6. The molecule has 0 bridgehead atoms. The van der Waals surface area contributed by atoms with Gasteiger partial charge in [0.2, 0.25) is 94.5 Å². The highest BCUT2D eigenvalue weighted by Gasteiger charge is 2.34. The van der Waals surface area contributed by atoms with Crippen molar-refractivity contribution in [2.45, 2.75) is 290 Å². The number of carbonyl (C=O) groups excluding carboxylic acids is 16. The summed E-state index contributed by atoms with van der Waals surface area (Å²) in [6.45, 7) is 38.8. The van der Waals surface area contributed by atoms with Crippen LogP contribution in [0.1, 0.15) is 239 Å². The molecule has 0 aliphatic rings. The Hall–Kier alpha value is -10.9. The van der Waals surface area contributed by atoms with Crippen molar-refractivity contribution >= 4 is 94.5 Å². The molecule has 0 saturated carbocycles. The van der Waals surface area contributed by atoms with Crippen molar-refractivity contribution in [3.05, 3.63) is 108 Å². The molecule has 768 valence electrons. The molecule has 0 unspecified atom stereocenters. The minimum Gasteiger partial charge on any atom is -0.355 e. The van der Waals surface area contributed by atoms with E-state index in [1.54, 1.807) is 27.7 Å². The second-order valence-corrected chi connectivity index (χ2v) is 40.6. The molecular weight excluding hydrogens is 1750 g/mol. The molecular formula is C103H170N18O16. The van der Waals surface area contributed by atoms with Gasteiger partial charge in [0.1, 0.15) is 0 Å². The Kier molecular flexibility index (Phi) is 57.1. The zero-order chi connectivity index (χ0) is 103.